The maximum Gasteiger partial charge on any atom is 0.410 e. The number of pyridine rings is 1. The average molecular weight is 322 g/mol. The van der Waals surface area contributed by atoms with Crippen LogP contribution in [0.5, 0.6) is 5.75 Å². The van der Waals surface area contributed by atoms with Gasteiger partial charge in [0.2, 0.25) is 0 Å². The number of nitrogens with two attached hydrogens (primary N) is 1. The van der Waals surface area contributed by atoms with Crippen LogP contribution in [0.1, 0.15) is 32.9 Å². The first kappa shape index (κ1) is 16.9. The first-order valence-electron chi connectivity index (χ1n) is 7.37. The monoisotopic (exact) mass is 322 g/mol. The first-order chi connectivity index (χ1) is 10.8. The van der Waals surface area contributed by atoms with Crippen LogP contribution in [0.2, 0.25) is 0 Å². The molecule has 2 rings (SSSR count). The van der Waals surface area contributed by atoms with E-state index >= 15 is 0 Å². The number of nitrogens with zero attached hydrogens (tertiary/aromatic N) is 3. The van der Waals surface area contributed by atoms with E-state index in [0.717, 1.165) is 6.42 Å². The third-order valence-electron chi connectivity index (χ3n) is 3.21. The quantitative estimate of drug-likeness (QED) is 0.378. The van der Waals surface area contributed by atoms with Crippen LogP contribution in [-0.4, -0.2) is 51.8 Å². The Balaban J connectivity index is 1.89. The van der Waals surface area contributed by atoms with E-state index in [4.69, 9.17) is 20.4 Å². The number of hydrogen-bond donors (Lipinski definition) is 2. The lowest BCUT2D eigenvalue weighted by Gasteiger charge is -2.24. The van der Waals surface area contributed by atoms with E-state index in [2.05, 4.69) is 10.1 Å². The smallest absolute Gasteiger partial charge is 0.410 e. The minimum atomic E-state index is -0.510. The summed E-state index contributed by atoms with van der Waals surface area (Å²) in [6.45, 7) is 6.57. The lowest BCUT2D eigenvalue weighted by molar-refractivity contribution is 0.0275. The topological polar surface area (TPSA) is 110 Å². The van der Waals surface area contributed by atoms with Crippen LogP contribution in [0.4, 0.5) is 4.79 Å². The molecule has 0 radical (unpaired) electrons. The van der Waals surface area contributed by atoms with Gasteiger partial charge in [0.1, 0.15) is 23.1 Å². The van der Waals surface area contributed by atoms with Gasteiger partial charge < -0.3 is 25.3 Å². The number of likely N-dealkylation sites (tertiary alicyclic amines) is 1. The van der Waals surface area contributed by atoms with Crippen LogP contribution in [0.15, 0.2) is 23.5 Å². The van der Waals surface area contributed by atoms with Gasteiger partial charge in [0.05, 0.1) is 12.7 Å². The molecule has 1 amide bonds. The zero-order valence-corrected chi connectivity index (χ0v) is 13.5. The fourth-order valence-electron chi connectivity index (χ4n) is 2.16. The summed E-state index contributed by atoms with van der Waals surface area (Å²) in [5.74, 6) is 0.504. The summed E-state index contributed by atoms with van der Waals surface area (Å²) < 4.78 is 11.1. The minimum absolute atomic E-state index is 0.0616. The number of carbonyl (C=O) groups is 1. The van der Waals surface area contributed by atoms with Gasteiger partial charge in [-0.1, -0.05) is 5.16 Å². The molecule has 8 nitrogen and oxygen atoms in total. The van der Waals surface area contributed by atoms with E-state index < -0.39 is 5.60 Å². The van der Waals surface area contributed by atoms with Gasteiger partial charge >= 0.3 is 6.09 Å². The molecular formula is C15H22N4O4. The van der Waals surface area contributed by atoms with E-state index in [1.54, 1.807) is 17.0 Å². The third kappa shape index (κ3) is 4.73. The molecule has 0 aromatic carbocycles. The lowest BCUT2D eigenvalue weighted by atomic mass is 10.2. The molecule has 0 bridgehead atoms. The normalized spacial score (nSPS) is 18.8. The standard InChI is InChI=1S/C15H22N4O4/c1-15(2,3)23-14(20)19-7-6-11(9-19)22-10-4-5-12(17-8-10)13(16)18-21/h4-5,8,11,21H,6-7,9H2,1-3H3,(H2,16,18)/t11-/m0/s1. The minimum Gasteiger partial charge on any atom is -0.487 e. The molecule has 1 aromatic heterocycles. The molecule has 23 heavy (non-hydrogen) atoms. The van der Waals surface area contributed by atoms with Crippen LogP contribution in [0.25, 0.3) is 0 Å². The van der Waals surface area contributed by atoms with Gasteiger partial charge in [-0.15, -0.1) is 0 Å². The van der Waals surface area contributed by atoms with Gasteiger partial charge in [-0.2, -0.15) is 0 Å². The fourth-order valence-corrected chi connectivity index (χ4v) is 2.16. The predicted octanol–water partition coefficient (Wildman–Crippen LogP) is 1.56. The second-order valence-electron chi connectivity index (χ2n) is 6.32. The van der Waals surface area contributed by atoms with Crippen molar-refractivity contribution >= 4 is 11.9 Å². The predicted molar refractivity (Wildman–Crippen MR) is 83.6 cm³/mol. The van der Waals surface area contributed by atoms with Gasteiger partial charge in [-0.25, -0.2) is 9.78 Å². The van der Waals surface area contributed by atoms with Crippen LogP contribution in [0, 0.1) is 0 Å². The molecule has 1 saturated heterocycles. The number of carbonyl (C=O) groups excluding carboxylic acids is 1. The first-order valence-corrected chi connectivity index (χ1v) is 7.37. The number of aromatic nitrogens is 1. The van der Waals surface area contributed by atoms with Crippen LogP contribution >= 0.6 is 0 Å². The van der Waals surface area contributed by atoms with E-state index in [9.17, 15) is 4.79 Å². The lowest BCUT2D eigenvalue weighted by Crippen LogP contribution is -2.36. The van der Waals surface area contributed by atoms with Gasteiger partial charge in [0, 0.05) is 13.0 Å². The molecule has 1 aromatic rings. The number of rotatable bonds is 3. The van der Waals surface area contributed by atoms with E-state index in [1.807, 2.05) is 20.8 Å². The Morgan fingerprint density at radius 3 is 2.78 bits per heavy atom. The summed E-state index contributed by atoms with van der Waals surface area (Å²) in [5, 5.41) is 11.5. The Morgan fingerprint density at radius 1 is 1.48 bits per heavy atom. The van der Waals surface area contributed by atoms with Gasteiger partial charge in [-0.05, 0) is 32.9 Å². The van der Waals surface area contributed by atoms with Crippen LogP contribution in [-0.2, 0) is 4.74 Å². The SMILES string of the molecule is CC(C)(C)OC(=O)N1CC[C@H](Oc2ccc(C(N)=NO)nc2)C1. The third-order valence-corrected chi connectivity index (χ3v) is 3.21. The van der Waals surface area contributed by atoms with Gasteiger partial charge in [0.15, 0.2) is 5.84 Å². The van der Waals surface area contributed by atoms with Crippen LogP contribution < -0.4 is 10.5 Å². The van der Waals surface area contributed by atoms with E-state index in [-0.39, 0.29) is 18.0 Å². The zero-order valence-electron chi connectivity index (χ0n) is 13.5. The molecular weight excluding hydrogens is 300 g/mol. The summed E-state index contributed by atoms with van der Waals surface area (Å²) in [6.07, 6.45) is 1.79. The maximum atomic E-state index is 12.0. The molecule has 1 atom stereocenters. The van der Waals surface area contributed by atoms with E-state index in [0.29, 0.717) is 24.5 Å². The highest BCUT2D eigenvalue weighted by Gasteiger charge is 2.30. The average Bonchev–Trinajstić information content (AvgIpc) is 2.94. The molecule has 0 unspecified atom stereocenters. The molecule has 1 aliphatic rings. The molecule has 1 fully saturated rings. The van der Waals surface area contributed by atoms with Crippen molar-refractivity contribution in [2.24, 2.45) is 10.9 Å². The second-order valence-corrected chi connectivity index (χ2v) is 6.32. The molecule has 3 N–H and O–H groups in total. The highest BCUT2D eigenvalue weighted by Crippen LogP contribution is 2.20. The van der Waals surface area contributed by atoms with Crippen molar-refractivity contribution in [3.63, 3.8) is 0 Å². The number of oxime groups is 1. The summed E-state index contributed by atoms with van der Waals surface area (Å²) in [7, 11) is 0. The number of amidine groups is 1. The Kier molecular flexibility index (Phi) is 4.92. The highest BCUT2D eigenvalue weighted by atomic mass is 16.6. The molecule has 126 valence electrons. The molecule has 0 aliphatic carbocycles. The Labute approximate surface area is 134 Å². The Morgan fingerprint density at radius 2 is 2.22 bits per heavy atom. The molecule has 1 aliphatic heterocycles. The number of ether oxygens (including phenoxy) is 2. The fraction of sp³-hybridized carbons (Fsp3) is 0.533. The van der Waals surface area contributed by atoms with E-state index in [1.165, 1.54) is 6.20 Å². The summed E-state index contributed by atoms with van der Waals surface area (Å²) in [6, 6.07) is 3.29. The highest BCUT2D eigenvalue weighted by molar-refractivity contribution is 5.95. The van der Waals surface area contributed by atoms with Gasteiger partial charge in [-0.3, -0.25) is 0 Å². The van der Waals surface area contributed by atoms with Gasteiger partial charge in [0.25, 0.3) is 0 Å². The number of amides is 1. The summed E-state index contributed by atoms with van der Waals surface area (Å²) in [5.41, 5.74) is 5.30. The summed E-state index contributed by atoms with van der Waals surface area (Å²) >= 11 is 0. The van der Waals surface area contributed by atoms with Crippen molar-refractivity contribution in [2.45, 2.75) is 38.9 Å². The van der Waals surface area contributed by atoms with Crippen LogP contribution in [0.3, 0.4) is 0 Å². The summed E-state index contributed by atoms with van der Waals surface area (Å²) in [4.78, 5) is 17.7. The van der Waals surface area contributed by atoms with Crippen molar-refractivity contribution in [1.82, 2.24) is 9.88 Å². The largest absolute Gasteiger partial charge is 0.487 e. The van der Waals surface area contributed by atoms with Crippen molar-refractivity contribution < 1.29 is 19.5 Å². The van der Waals surface area contributed by atoms with Crippen molar-refractivity contribution in [3.05, 3.63) is 24.0 Å². The number of hydrogen-bond acceptors (Lipinski definition) is 6. The second kappa shape index (κ2) is 6.72. The molecule has 0 saturated carbocycles. The molecule has 0 spiro atoms. The zero-order chi connectivity index (χ0) is 17.0. The van der Waals surface area contributed by atoms with Crippen molar-refractivity contribution in [1.29, 1.82) is 0 Å². The van der Waals surface area contributed by atoms with Crippen molar-refractivity contribution in [3.8, 4) is 5.75 Å². The maximum absolute atomic E-state index is 12.0. The Hall–Kier alpha value is -2.51. The Bertz CT molecular complexity index is 580. The molecule has 2 heterocycles. The molecule has 8 heteroatoms. The van der Waals surface area contributed by atoms with Crippen molar-refractivity contribution in [2.75, 3.05) is 13.1 Å².